The van der Waals surface area contributed by atoms with Gasteiger partial charge in [-0.25, -0.2) is 0 Å². The summed E-state index contributed by atoms with van der Waals surface area (Å²) in [5, 5.41) is 4.02. The van der Waals surface area contributed by atoms with Crippen molar-refractivity contribution in [2.24, 2.45) is 0 Å². The maximum Gasteiger partial charge on any atom is 0.0990 e. The highest BCUT2D eigenvalue weighted by Gasteiger charge is 2.41. The molecular weight excluding hydrogens is 262 g/mol. The molecule has 1 aliphatic carbocycles. The van der Waals surface area contributed by atoms with Gasteiger partial charge in [-0.2, -0.15) is 0 Å². The third-order valence-corrected chi connectivity index (χ3v) is 3.72. The molecule has 3 unspecified atom stereocenters. The molecule has 1 aromatic carbocycles. The summed E-state index contributed by atoms with van der Waals surface area (Å²) in [5.41, 5.74) is 1.11. The first-order valence-corrected chi connectivity index (χ1v) is 7.27. The molecule has 1 aromatic rings. The zero-order valence-corrected chi connectivity index (χ0v) is 12.3. The Kier molecular flexibility index (Phi) is 5.64. The molecule has 0 amide bonds. The van der Waals surface area contributed by atoms with E-state index in [2.05, 4.69) is 12.2 Å². The van der Waals surface area contributed by atoms with Crippen LogP contribution in [0, 0.1) is 0 Å². The van der Waals surface area contributed by atoms with Gasteiger partial charge in [0, 0.05) is 17.7 Å². The van der Waals surface area contributed by atoms with Crippen molar-refractivity contribution < 1.29 is 9.47 Å². The smallest absolute Gasteiger partial charge is 0.0990 e. The van der Waals surface area contributed by atoms with Gasteiger partial charge in [0.05, 0.1) is 18.8 Å². The monoisotopic (exact) mass is 283 g/mol. The van der Waals surface area contributed by atoms with Gasteiger partial charge in [-0.15, -0.1) is 0 Å². The van der Waals surface area contributed by atoms with Gasteiger partial charge in [0.25, 0.3) is 0 Å². The normalized spacial score (nSPS) is 26.2. The molecule has 0 aliphatic heterocycles. The fourth-order valence-corrected chi connectivity index (χ4v) is 2.55. The topological polar surface area (TPSA) is 30.5 Å². The van der Waals surface area contributed by atoms with Crippen LogP contribution in [0.4, 0.5) is 0 Å². The first kappa shape index (κ1) is 14.8. The Morgan fingerprint density at radius 1 is 1.37 bits per heavy atom. The minimum absolute atomic E-state index is 0.170. The minimum atomic E-state index is 0.170. The van der Waals surface area contributed by atoms with Crippen LogP contribution in [0.15, 0.2) is 24.3 Å². The van der Waals surface area contributed by atoms with Crippen molar-refractivity contribution in [2.75, 3.05) is 13.7 Å². The van der Waals surface area contributed by atoms with Crippen molar-refractivity contribution in [1.29, 1.82) is 0 Å². The van der Waals surface area contributed by atoms with Crippen LogP contribution in [-0.4, -0.2) is 31.9 Å². The van der Waals surface area contributed by atoms with Gasteiger partial charge in [0.1, 0.15) is 0 Å². The second-order valence-electron chi connectivity index (χ2n) is 4.95. The zero-order chi connectivity index (χ0) is 13.7. The molecule has 0 heterocycles. The average Bonchev–Trinajstić information content (AvgIpc) is 2.38. The molecule has 0 radical (unpaired) electrons. The number of hydrogen-bond donors (Lipinski definition) is 1. The van der Waals surface area contributed by atoms with Crippen molar-refractivity contribution in [3.05, 3.63) is 34.9 Å². The molecule has 3 nitrogen and oxygen atoms in total. The summed E-state index contributed by atoms with van der Waals surface area (Å²) in [7, 11) is 1.97. The number of ether oxygens (including phenoxy) is 2. The van der Waals surface area contributed by atoms with E-state index >= 15 is 0 Å². The van der Waals surface area contributed by atoms with Gasteiger partial charge in [-0.3, -0.25) is 0 Å². The van der Waals surface area contributed by atoms with Crippen molar-refractivity contribution >= 4 is 11.6 Å². The highest BCUT2D eigenvalue weighted by atomic mass is 35.5. The molecule has 1 fully saturated rings. The standard InChI is InChI=1S/C15H22ClNO2/c1-3-7-18-15-13(17-2)9-14(15)19-10-11-5-4-6-12(16)8-11/h4-6,8,13-15,17H,3,7,9-10H2,1-2H3. The van der Waals surface area contributed by atoms with Gasteiger partial charge < -0.3 is 14.8 Å². The van der Waals surface area contributed by atoms with E-state index in [1.54, 1.807) is 0 Å². The van der Waals surface area contributed by atoms with Gasteiger partial charge in [-0.1, -0.05) is 30.7 Å². The van der Waals surface area contributed by atoms with Crippen molar-refractivity contribution in [2.45, 2.75) is 44.6 Å². The van der Waals surface area contributed by atoms with Crippen LogP contribution in [0.25, 0.3) is 0 Å². The summed E-state index contributed by atoms with van der Waals surface area (Å²) in [6.07, 6.45) is 2.39. The number of benzene rings is 1. The lowest BCUT2D eigenvalue weighted by Crippen LogP contribution is -2.59. The van der Waals surface area contributed by atoms with E-state index in [0.29, 0.717) is 12.6 Å². The molecule has 19 heavy (non-hydrogen) atoms. The zero-order valence-electron chi connectivity index (χ0n) is 11.6. The van der Waals surface area contributed by atoms with Crippen LogP contribution in [0.5, 0.6) is 0 Å². The van der Waals surface area contributed by atoms with E-state index in [1.807, 2.05) is 31.3 Å². The van der Waals surface area contributed by atoms with Crippen LogP contribution < -0.4 is 5.32 Å². The van der Waals surface area contributed by atoms with Crippen LogP contribution in [0.3, 0.4) is 0 Å². The maximum atomic E-state index is 5.96. The molecule has 0 spiro atoms. The van der Waals surface area contributed by atoms with Gasteiger partial charge in [0.2, 0.25) is 0 Å². The quantitative estimate of drug-likeness (QED) is 0.834. The highest BCUT2D eigenvalue weighted by Crippen LogP contribution is 2.28. The third kappa shape index (κ3) is 3.93. The average molecular weight is 284 g/mol. The Hall–Kier alpha value is -0.610. The molecular formula is C15H22ClNO2. The largest absolute Gasteiger partial charge is 0.374 e. The van der Waals surface area contributed by atoms with E-state index in [0.717, 1.165) is 30.0 Å². The molecule has 1 aliphatic rings. The second-order valence-corrected chi connectivity index (χ2v) is 5.38. The molecule has 3 atom stereocenters. The van der Waals surface area contributed by atoms with Gasteiger partial charge in [-0.05, 0) is 37.6 Å². The van der Waals surface area contributed by atoms with Crippen LogP contribution >= 0.6 is 11.6 Å². The molecule has 4 heteroatoms. The Labute approximate surface area is 120 Å². The number of nitrogens with one attached hydrogen (secondary N) is 1. The summed E-state index contributed by atoms with van der Waals surface area (Å²) < 4.78 is 11.8. The Morgan fingerprint density at radius 3 is 2.89 bits per heavy atom. The summed E-state index contributed by atoms with van der Waals surface area (Å²) in [5.74, 6) is 0. The molecule has 1 N–H and O–H groups in total. The van der Waals surface area contributed by atoms with E-state index in [4.69, 9.17) is 21.1 Å². The molecule has 0 saturated heterocycles. The van der Waals surface area contributed by atoms with E-state index < -0.39 is 0 Å². The number of halogens is 1. The van der Waals surface area contributed by atoms with E-state index in [9.17, 15) is 0 Å². The predicted molar refractivity (Wildman–Crippen MR) is 77.5 cm³/mol. The van der Waals surface area contributed by atoms with Crippen LogP contribution in [-0.2, 0) is 16.1 Å². The maximum absolute atomic E-state index is 5.96. The fraction of sp³-hybridized carbons (Fsp3) is 0.600. The Morgan fingerprint density at radius 2 is 2.21 bits per heavy atom. The van der Waals surface area contributed by atoms with Crippen molar-refractivity contribution in [1.82, 2.24) is 5.32 Å². The first-order chi connectivity index (χ1) is 9.24. The highest BCUT2D eigenvalue weighted by molar-refractivity contribution is 6.30. The number of hydrogen-bond acceptors (Lipinski definition) is 3. The SMILES string of the molecule is CCCOC1C(NC)CC1OCc1cccc(Cl)c1. The molecule has 0 bridgehead atoms. The second kappa shape index (κ2) is 7.25. The summed E-state index contributed by atoms with van der Waals surface area (Å²) >= 11 is 5.96. The Bertz CT molecular complexity index is 399. The van der Waals surface area contributed by atoms with Crippen LogP contribution in [0.2, 0.25) is 5.02 Å². The van der Waals surface area contributed by atoms with E-state index in [1.165, 1.54) is 0 Å². The lowest BCUT2D eigenvalue weighted by atomic mass is 9.85. The lowest BCUT2D eigenvalue weighted by Gasteiger charge is -2.43. The number of likely N-dealkylation sites (N-methyl/N-ethyl adjacent to an activating group) is 1. The Balaban J connectivity index is 1.82. The van der Waals surface area contributed by atoms with Gasteiger partial charge in [0.15, 0.2) is 0 Å². The molecule has 106 valence electrons. The molecule has 0 aromatic heterocycles. The minimum Gasteiger partial charge on any atom is -0.374 e. The summed E-state index contributed by atoms with van der Waals surface area (Å²) in [6, 6.07) is 8.21. The third-order valence-electron chi connectivity index (χ3n) is 3.49. The molecule has 2 rings (SSSR count). The van der Waals surface area contributed by atoms with Crippen molar-refractivity contribution in [3.63, 3.8) is 0 Å². The summed E-state index contributed by atoms with van der Waals surface area (Å²) in [6.45, 7) is 3.50. The number of rotatable bonds is 7. The van der Waals surface area contributed by atoms with Crippen molar-refractivity contribution in [3.8, 4) is 0 Å². The van der Waals surface area contributed by atoms with E-state index in [-0.39, 0.29) is 12.2 Å². The van der Waals surface area contributed by atoms with Crippen LogP contribution in [0.1, 0.15) is 25.3 Å². The fourth-order valence-electron chi connectivity index (χ4n) is 2.33. The first-order valence-electron chi connectivity index (χ1n) is 6.89. The molecule has 1 saturated carbocycles. The lowest BCUT2D eigenvalue weighted by molar-refractivity contribution is -0.150. The predicted octanol–water partition coefficient (Wildman–Crippen LogP) is 3.01. The summed E-state index contributed by atoms with van der Waals surface area (Å²) in [4.78, 5) is 0. The van der Waals surface area contributed by atoms with Gasteiger partial charge >= 0.3 is 0 Å².